The second-order valence-electron chi connectivity index (χ2n) is 7.87. The molecule has 0 unspecified atom stereocenters. The molecular weight excluding hydrogens is 458 g/mol. The van der Waals surface area contributed by atoms with Crippen molar-refractivity contribution in [3.63, 3.8) is 0 Å². The summed E-state index contributed by atoms with van der Waals surface area (Å²) in [5, 5.41) is 3.15. The summed E-state index contributed by atoms with van der Waals surface area (Å²) in [4.78, 5) is 13.6. The SMILES string of the molecule is COc1cccc(-c2nc3occn3c2-c2ccnc(NCCN3CCCN(C)S3(=O)=O)n2)c1. The Hall–Kier alpha value is -3.48. The summed E-state index contributed by atoms with van der Waals surface area (Å²) in [5.74, 6) is 1.56. The van der Waals surface area contributed by atoms with E-state index in [1.807, 2.05) is 28.7 Å². The van der Waals surface area contributed by atoms with Gasteiger partial charge < -0.3 is 14.5 Å². The molecule has 0 aliphatic carbocycles. The Morgan fingerprint density at radius 2 is 2.09 bits per heavy atom. The van der Waals surface area contributed by atoms with Crippen molar-refractivity contribution in [1.82, 2.24) is 28.0 Å². The highest BCUT2D eigenvalue weighted by molar-refractivity contribution is 7.86. The molecule has 1 aromatic carbocycles. The van der Waals surface area contributed by atoms with Crippen molar-refractivity contribution in [2.24, 2.45) is 0 Å². The molecule has 4 heterocycles. The summed E-state index contributed by atoms with van der Waals surface area (Å²) in [6.45, 7) is 1.76. The van der Waals surface area contributed by atoms with Crippen LogP contribution in [0.3, 0.4) is 0 Å². The summed E-state index contributed by atoms with van der Waals surface area (Å²) < 4.78 is 40.5. The number of ether oxygens (including phenoxy) is 1. The minimum atomic E-state index is -3.41. The molecule has 0 atom stereocenters. The van der Waals surface area contributed by atoms with Crippen LogP contribution in [-0.4, -0.2) is 76.7 Å². The summed E-state index contributed by atoms with van der Waals surface area (Å²) in [6.07, 6.45) is 5.81. The summed E-state index contributed by atoms with van der Waals surface area (Å²) in [5.41, 5.74) is 2.96. The van der Waals surface area contributed by atoms with E-state index in [-0.39, 0.29) is 0 Å². The van der Waals surface area contributed by atoms with Gasteiger partial charge in [0.05, 0.1) is 12.8 Å². The Kier molecular flexibility index (Phi) is 5.94. The first-order chi connectivity index (χ1) is 16.5. The molecule has 1 fully saturated rings. The van der Waals surface area contributed by atoms with Crippen LogP contribution in [0, 0.1) is 0 Å². The van der Waals surface area contributed by atoms with Gasteiger partial charge in [0, 0.05) is 51.2 Å². The highest BCUT2D eigenvalue weighted by Gasteiger charge is 2.30. The number of hydrogen-bond acceptors (Lipinski definition) is 8. The van der Waals surface area contributed by atoms with E-state index in [4.69, 9.17) is 9.15 Å². The van der Waals surface area contributed by atoms with Crippen LogP contribution in [0.15, 0.2) is 53.4 Å². The first-order valence-corrected chi connectivity index (χ1v) is 12.3. The van der Waals surface area contributed by atoms with Crippen molar-refractivity contribution in [2.75, 3.05) is 45.7 Å². The minimum Gasteiger partial charge on any atom is -0.497 e. The predicted molar refractivity (Wildman–Crippen MR) is 127 cm³/mol. The summed E-state index contributed by atoms with van der Waals surface area (Å²) in [6, 6.07) is 9.43. The maximum atomic E-state index is 12.4. The van der Waals surface area contributed by atoms with Crippen LogP contribution in [0.1, 0.15) is 6.42 Å². The van der Waals surface area contributed by atoms with Crippen molar-refractivity contribution in [2.45, 2.75) is 6.42 Å². The maximum Gasteiger partial charge on any atom is 0.306 e. The standard InChI is InChI=1S/C22H25N7O4S/c1-27-10-4-11-28(34(27,30)31)12-9-24-21-23-8-7-18(25-21)20-19(26-22-29(20)13-14-33-22)16-5-3-6-17(15-16)32-2/h3,5-8,13-15H,4,9-12H2,1-2H3,(H,23,24,25). The van der Waals surface area contributed by atoms with Gasteiger partial charge in [-0.2, -0.15) is 22.0 Å². The van der Waals surface area contributed by atoms with Gasteiger partial charge in [-0.3, -0.25) is 4.40 Å². The lowest BCUT2D eigenvalue weighted by Gasteiger charge is -2.32. The normalized spacial score (nSPS) is 16.6. The molecule has 0 amide bonds. The fraction of sp³-hybridized carbons (Fsp3) is 0.318. The predicted octanol–water partition coefficient (Wildman–Crippen LogP) is 2.35. The average Bonchev–Trinajstić information content (AvgIpc) is 3.44. The molecule has 34 heavy (non-hydrogen) atoms. The van der Waals surface area contributed by atoms with Gasteiger partial charge >= 0.3 is 5.84 Å². The van der Waals surface area contributed by atoms with Gasteiger partial charge in [0.25, 0.3) is 10.2 Å². The molecule has 3 aromatic heterocycles. The van der Waals surface area contributed by atoms with Gasteiger partial charge in [0.2, 0.25) is 5.95 Å². The number of aromatic nitrogens is 4. The molecule has 0 spiro atoms. The third-order valence-electron chi connectivity index (χ3n) is 5.75. The number of nitrogens with one attached hydrogen (secondary N) is 1. The van der Waals surface area contributed by atoms with Crippen LogP contribution in [-0.2, 0) is 10.2 Å². The van der Waals surface area contributed by atoms with Gasteiger partial charge in [-0.05, 0) is 24.6 Å². The van der Waals surface area contributed by atoms with E-state index in [1.165, 1.54) is 8.61 Å². The lowest BCUT2D eigenvalue weighted by Crippen LogP contribution is -2.49. The maximum absolute atomic E-state index is 12.4. The highest BCUT2D eigenvalue weighted by Crippen LogP contribution is 2.33. The van der Waals surface area contributed by atoms with Gasteiger partial charge in [0.1, 0.15) is 23.4 Å². The first-order valence-electron chi connectivity index (χ1n) is 10.9. The van der Waals surface area contributed by atoms with Gasteiger partial charge in [-0.1, -0.05) is 12.1 Å². The van der Waals surface area contributed by atoms with Crippen LogP contribution in [0.2, 0.25) is 0 Å². The molecule has 1 saturated heterocycles. The van der Waals surface area contributed by atoms with Crippen molar-refractivity contribution >= 4 is 22.0 Å². The number of anilines is 1. The third-order valence-corrected chi connectivity index (χ3v) is 7.74. The van der Waals surface area contributed by atoms with Crippen molar-refractivity contribution in [3.05, 3.63) is 49.0 Å². The average molecular weight is 484 g/mol. The summed E-state index contributed by atoms with van der Waals surface area (Å²) in [7, 11) is -0.186. The zero-order valence-electron chi connectivity index (χ0n) is 18.9. The molecule has 1 N–H and O–H groups in total. The molecule has 1 aliphatic heterocycles. The number of methoxy groups -OCH3 is 1. The van der Waals surface area contributed by atoms with Crippen LogP contribution >= 0.6 is 0 Å². The largest absolute Gasteiger partial charge is 0.497 e. The van der Waals surface area contributed by atoms with Gasteiger partial charge in [-0.25, -0.2) is 9.97 Å². The molecule has 1 aliphatic rings. The highest BCUT2D eigenvalue weighted by atomic mass is 32.2. The molecule has 5 rings (SSSR count). The number of hydrogen-bond donors (Lipinski definition) is 1. The number of nitrogens with zero attached hydrogens (tertiary/aromatic N) is 6. The number of benzene rings is 1. The van der Waals surface area contributed by atoms with E-state index in [9.17, 15) is 8.42 Å². The Morgan fingerprint density at radius 1 is 1.21 bits per heavy atom. The van der Waals surface area contributed by atoms with Crippen molar-refractivity contribution < 1.29 is 17.6 Å². The van der Waals surface area contributed by atoms with Crippen LogP contribution in [0.25, 0.3) is 28.5 Å². The molecule has 0 bridgehead atoms. The zero-order valence-corrected chi connectivity index (χ0v) is 19.7. The minimum absolute atomic E-state index is 0.327. The second-order valence-corrected chi connectivity index (χ2v) is 9.91. The van der Waals surface area contributed by atoms with E-state index < -0.39 is 10.2 Å². The third kappa shape index (κ3) is 4.11. The quantitative estimate of drug-likeness (QED) is 0.426. The number of imidazole rings is 1. The Balaban J connectivity index is 1.41. The number of rotatable bonds is 7. The second kappa shape index (κ2) is 9.05. The van der Waals surface area contributed by atoms with Gasteiger partial charge in [-0.15, -0.1) is 0 Å². The molecule has 4 aromatic rings. The van der Waals surface area contributed by atoms with E-state index >= 15 is 0 Å². The molecule has 11 nitrogen and oxygen atoms in total. The lowest BCUT2D eigenvalue weighted by atomic mass is 10.1. The van der Waals surface area contributed by atoms with E-state index in [2.05, 4.69) is 20.3 Å². The Morgan fingerprint density at radius 3 is 2.94 bits per heavy atom. The Labute approximate surface area is 197 Å². The smallest absolute Gasteiger partial charge is 0.306 e. The van der Waals surface area contributed by atoms with E-state index in [0.29, 0.717) is 49.4 Å². The first kappa shape index (κ1) is 22.3. The van der Waals surface area contributed by atoms with Crippen LogP contribution in [0.5, 0.6) is 5.75 Å². The van der Waals surface area contributed by atoms with E-state index in [0.717, 1.165) is 23.4 Å². The Bertz CT molecular complexity index is 1420. The van der Waals surface area contributed by atoms with Crippen LogP contribution in [0.4, 0.5) is 5.95 Å². The monoisotopic (exact) mass is 483 g/mol. The van der Waals surface area contributed by atoms with Crippen molar-refractivity contribution in [1.29, 1.82) is 0 Å². The van der Waals surface area contributed by atoms with Crippen molar-refractivity contribution in [3.8, 4) is 28.4 Å². The molecule has 178 valence electrons. The molecule has 0 saturated carbocycles. The molecule has 12 heteroatoms. The van der Waals surface area contributed by atoms with Gasteiger partial charge in [0.15, 0.2) is 0 Å². The number of oxazole rings is 1. The topological polar surface area (TPSA) is 118 Å². The fourth-order valence-corrected chi connectivity index (χ4v) is 5.43. The van der Waals surface area contributed by atoms with Crippen LogP contribution < -0.4 is 10.1 Å². The number of fused-ring (bicyclic) bond motifs is 1. The summed E-state index contributed by atoms with van der Waals surface area (Å²) >= 11 is 0. The zero-order chi connectivity index (χ0) is 23.7. The van der Waals surface area contributed by atoms with E-state index in [1.54, 1.807) is 38.9 Å². The lowest BCUT2D eigenvalue weighted by molar-refractivity contribution is 0.313. The molecule has 0 radical (unpaired) electrons. The molecular formula is C22H25N7O4S. The fourth-order valence-electron chi connectivity index (χ4n) is 4.00.